The number of hydrogen-bond acceptors (Lipinski definition) is 1. The lowest BCUT2D eigenvalue weighted by molar-refractivity contribution is 0.619. The SMILES string of the molecule is Cc1cc(F)ccc1CC(N)c1ccc(F)cc1C. The maximum absolute atomic E-state index is 13.1. The first-order valence-electron chi connectivity index (χ1n) is 6.24. The third kappa shape index (κ3) is 3.18. The van der Waals surface area contributed by atoms with Crippen molar-refractivity contribution in [1.82, 2.24) is 0 Å². The standard InChI is InChI=1S/C16H17F2N/c1-10-7-13(17)4-3-12(10)9-16(19)15-6-5-14(18)8-11(15)2/h3-8,16H,9,19H2,1-2H3. The summed E-state index contributed by atoms with van der Waals surface area (Å²) in [4.78, 5) is 0. The third-order valence-corrected chi connectivity index (χ3v) is 3.38. The molecule has 3 heteroatoms. The van der Waals surface area contributed by atoms with Crippen molar-refractivity contribution in [3.63, 3.8) is 0 Å². The van der Waals surface area contributed by atoms with Gasteiger partial charge in [-0.05, 0) is 66.8 Å². The molecule has 100 valence electrons. The van der Waals surface area contributed by atoms with E-state index in [1.807, 2.05) is 13.8 Å². The molecule has 19 heavy (non-hydrogen) atoms. The van der Waals surface area contributed by atoms with E-state index in [1.54, 1.807) is 12.1 Å². The van der Waals surface area contributed by atoms with Crippen molar-refractivity contribution in [2.75, 3.05) is 0 Å². The predicted octanol–water partition coefficient (Wildman–Crippen LogP) is 3.82. The summed E-state index contributed by atoms with van der Waals surface area (Å²) in [6.07, 6.45) is 0.610. The first-order chi connectivity index (χ1) is 8.97. The molecule has 0 heterocycles. The minimum atomic E-state index is -0.258. The van der Waals surface area contributed by atoms with Crippen LogP contribution in [0.3, 0.4) is 0 Å². The van der Waals surface area contributed by atoms with Gasteiger partial charge in [-0.1, -0.05) is 12.1 Å². The van der Waals surface area contributed by atoms with Gasteiger partial charge in [0, 0.05) is 6.04 Å². The summed E-state index contributed by atoms with van der Waals surface area (Å²) >= 11 is 0. The highest BCUT2D eigenvalue weighted by Gasteiger charge is 2.12. The van der Waals surface area contributed by atoms with Gasteiger partial charge in [0.25, 0.3) is 0 Å². The zero-order chi connectivity index (χ0) is 14.0. The summed E-state index contributed by atoms with van der Waals surface area (Å²) in [5.41, 5.74) is 9.83. The molecule has 0 radical (unpaired) electrons. The fourth-order valence-corrected chi connectivity index (χ4v) is 2.29. The molecule has 0 saturated carbocycles. The minimum absolute atomic E-state index is 0.218. The number of nitrogens with two attached hydrogens (primary N) is 1. The first kappa shape index (κ1) is 13.7. The lowest BCUT2D eigenvalue weighted by Gasteiger charge is -2.16. The van der Waals surface area contributed by atoms with Gasteiger partial charge in [0.2, 0.25) is 0 Å². The average Bonchev–Trinajstić information content (AvgIpc) is 2.32. The van der Waals surface area contributed by atoms with Crippen LogP contribution in [-0.4, -0.2) is 0 Å². The highest BCUT2D eigenvalue weighted by Crippen LogP contribution is 2.22. The van der Waals surface area contributed by atoms with Crippen molar-refractivity contribution in [3.8, 4) is 0 Å². The van der Waals surface area contributed by atoms with E-state index in [2.05, 4.69) is 0 Å². The molecule has 0 aromatic heterocycles. The van der Waals surface area contributed by atoms with Crippen molar-refractivity contribution >= 4 is 0 Å². The lowest BCUT2D eigenvalue weighted by Crippen LogP contribution is -2.15. The number of aryl methyl sites for hydroxylation is 2. The van der Waals surface area contributed by atoms with Gasteiger partial charge in [0.05, 0.1) is 0 Å². The zero-order valence-electron chi connectivity index (χ0n) is 11.1. The Morgan fingerprint density at radius 3 is 2.11 bits per heavy atom. The van der Waals surface area contributed by atoms with Crippen LogP contribution in [0.5, 0.6) is 0 Å². The molecular weight excluding hydrogens is 244 g/mol. The van der Waals surface area contributed by atoms with E-state index in [4.69, 9.17) is 5.73 Å². The van der Waals surface area contributed by atoms with Crippen LogP contribution in [0.2, 0.25) is 0 Å². The lowest BCUT2D eigenvalue weighted by atomic mass is 9.94. The molecule has 1 unspecified atom stereocenters. The van der Waals surface area contributed by atoms with E-state index in [-0.39, 0.29) is 17.7 Å². The van der Waals surface area contributed by atoms with Gasteiger partial charge in [-0.2, -0.15) is 0 Å². The van der Waals surface area contributed by atoms with Crippen LogP contribution in [0.1, 0.15) is 28.3 Å². The van der Waals surface area contributed by atoms with Gasteiger partial charge in [-0.3, -0.25) is 0 Å². The molecule has 0 aliphatic heterocycles. The Labute approximate surface area is 112 Å². The molecular formula is C16H17F2N. The number of benzene rings is 2. The van der Waals surface area contributed by atoms with Crippen LogP contribution in [-0.2, 0) is 6.42 Å². The van der Waals surface area contributed by atoms with Crippen LogP contribution < -0.4 is 5.73 Å². The summed E-state index contributed by atoms with van der Waals surface area (Å²) in [5, 5.41) is 0. The third-order valence-electron chi connectivity index (χ3n) is 3.38. The second-order valence-corrected chi connectivity index (χ2v) is 4.88. The molecule has 2 rings (SSSR count). The minimum Gasteiger partial charge on any atom is -0.324 e. The van der Waals surface area contributed by atoms with Crippen molar-refractivity contribution in [2.45, 2.75) is 26.3 Å². The normalized spacial score (nSPS) is 12.5. The molecule has 0 fully saturated rings. The van der Waals surface area contributed by atoms with Crippen molar-refractivity contribution in [3.05, 3.63) is 70.3 Å². The second kappa shape index (κ2) is 5.49. The first-order valence-corrected chi connectivity index (χ1v) is 6.24. The Kier molecular flexibility index (Phi) is 3.96. The zero-order valence-corrected chi connectivity index (χ0v) is 11.1. The monoisotopic (exact) mass is 261 g/mol. The predicted molar refractivity (Wildman–Crippen MR) is 72.9 cm³/mol. The average molecular weight is 261 g/mol. The van der Waals surface area contributed by atoms with Crippen LogP contribution in [0.25, 0.3) is 0 Å². The quantitative estimate of drug-likeness (QED) is 0.893. The molecule has 0 saturated heterocycles. The summed E-state index contributed by atoms with van der Waals surface area (Å²) in [7, 11) is 0. The highest BCUT2D eigenvalue weighted by molar-refractivity contribution is 5.33. The Hall–Kier alpha value is -1.74. The Morgan fingerprint density at radius 1 is 0.947 bits per heavy atom. The Balaban J connectivity index is 2.23. The Bertz CT molecular complexity index is 593. The number of halogens is 2. The number of hydrogen-bond donors (Lipinski definition) is 1. The Morgan fingerprint density at radius 2 is 1.53 bits per heavy atom. The van der Waals surface area contributed by atoms with Gasteiger partial charge in [-0.15, -0.1) is 0 Å². The molecule has 2 aromatic carbocycles. The maximum Gasteiger partial charge on any atom is 0.123 e. The van der Waals surface area contributed by atoms with Gasteiger partial charge in [0.15, 0.2) is 0 Å². The van der Waals surface area contributed by atoms with Gasteiger partial charge < -0.3 is 5.73 Å². The van der Waals surface area contributed by atoms with E-state index < -0.39 is 0 Å². The van der Waals surface area contributed by atoms with E-state index in [9.17, 15) is 8.78 Å². The van der Waals surface area contributed by atoms with Crippen molar-refractivity contribution < 1.29 is 8.78 Å². The molecule has 0 aliphatic carbocycles. The molecule has 0 amide bonds. The molecule has 2 aromatic rings. The maximum atomic E-state index is 13.1. The highest BCUT2D eigenvalue weighted by atomic mass is 19.1. The van der Waals surface area contributed by atoms with Gasteiger partial charge in [0.1, 0.15) is 11.6 Å². The molecule has 0 bridgehead atoms. The molecule has 1 atom stereocenters. The largest absolute Gasteiger partial charge is 0.324 e. The summed E-state index contributed by atoms with van der Waals surface area (Å²) in [6.45, 7) is 3.71. The fraction of sp³-hybridized carbons (Fsp3) is 0.250. The number of rotatable bonds is 3. The van der Waals surface area contributed by atoms with Crippen molar-refractivity contribution in [1.29, 1.82) is 0 Å². The second-order valence-electron chi connectivity index (χ2n) is 4.88. The summed E-state index contributed by atoms with van der Waals surface area (Å²) in [6, 6.07) is 9.08. The smallest absolute Gasteiger partial charge is 0.123 e. The van der Waals surface area contributed by atoms with Crippen molar-refractivity contribution in [2.24, 2.45) is 5.73 Å². The van der Waals surface area contributed by atoms with E-state index >= 15 is 0 Å². The van der Waals surface area contributed by atoms with Crippen LogP contribution >= 0.6 is 0 Å². The molecule has 0 spiro atoms. The summed E-state index contributed by atoms with van der Waals surface area (Å²) < 4.78 is 26.1. The van der Waals surface area contributed by atoms with Gasteiger partial charge >= 0.3 is 0 Å². The molecule has 1 nitrogen and oxygen atoms in total. The fourth-order valence-electron chi connectivity index (χ4n) is 2.29. The van der Waals surface area contributed by atoms with E-state index in [0.29, 0.717) is 6.42 Å². The molecule has 0 aliphatic rings. The van der Waals surface area contributed by atoms with E-state index in [0.717, 1.165) is 22.3 Å². The van der Waals surface area contributed by atoms with Crippen LogP contribution in [0, 0.1) is 25.5 Å². The summed E-state index contributed by atoms with van der Waals surface area (Å²) in [5.74, 6) is -0.501. The van der Waals surface area contributed by atoms with Crippen LogP contribution in [0.15, 0.2) is 36.4 Å². The van der Waals surface area contributed by atoms with Crippen LogP contribution in [0.4, 0.5) is 8.78 Å². The molecule has 2 N–H and O–H groups in total. The topological polar surface area (TPSA) is 26.0 Å². The van der Waals surface area contributed by atoms with Gasteiger partial charge in [-0.25, -0.2) is 8.78 Å². The van der Waals surface area contributed by atoms with E-state index in [1.165, 1.54) is 24.3 Å².